The number of halogens is 2. The number of benzene rings is 2. The van der Waals surface area contributed by atoms with Crippen molar-refractivity contribution in [2.75, 3.05) is 26.0 Å². The van der Waals surface area contributed by atoms with Gasteiger partial charge in [-0.2, -0.15) is 0 Å². The Morgan fingerprint density at radius 3 is 2.43 bits per heavy atom. The number of ether oxygens (including phenoxy) is 2. The van der Waals surface area contributed by atoms with Crippen molar-refractivity contribution in [3.05, 3.63) is 56.5 Å². The van der Waals surface area contributed by atoms with E-state index in [1.54, 1.807) is 21.0 Å². The van der Waals surface area contributed by atoms with Crippen LogP contribution >= 0.6 is 31.9 Å². The van der Waals surface area contributed by atoms with Crippen LogP contribution in [0, 0.1) is 17.8 Å². The second-order valence-electron chi connectivity index (χ2n) is 7.99. The lowest BCUT2D eigenvalue weighted by Gasteiger charge is -2.21. The number of sulfonamides is 1. The Balaban J connectivity index is 1.98. The number of carbonyl (C=O) groups is 1. The minimum absolute atomic E-state index is 0.0818. The van der Waals surface area contributed by atoms with E-state index < -0.39 is 16.1 Å². The highest BCUT2D eigenvalue weighted by Gasteiger charge is 2.26. The molecule has 0 saturated heterocycles. The molecule has 0 aliphatic rings. The highest BCUT2D eigenvalue weighted by molar-refractivity contribution is 9.10. The number of amides is 1. The topological polar surface area (TPSA) is 93.7 Å². The Morgan fingerprint density at radius 1 is 1.14 bits per heavy atom. The maximum atomic E-state index is 12.6. The van der Waals surface area contributed by atoms with Crippen LogP contribution in [0.25, 0.3) is 0 Å². The number of hydrogen-bond acceptors (Lipinski definition) is 5. The fourth-order valence-corrected chi connectivity index (χ4v) is 4.85. The number of carbonyl (C=O) groups excluding carboxylic acids is 1. The average molecular weight is 630 g/mol. The van der Waals surface area contributed by atoms with Crippen LogP contribution < -0.4 is 19.5 Å². The van der Waals surface area contributed by atoms with Gasteiger partial charge in [0, 0.05) is 16.6 Å². The van der Waals surface area contributed by atoms with E-state index in [-0.39, 0.29) is 24.2 Å². The van der Waals surface area contributed by atoms with Crippen LogP contribution in [0.5, 0.6) is 11.5 Å². The second-order valence-corrected chi connectivity index (χ2v) is 11.8. The average Bonchev–Trinajstić information content (AvgIpc) is 2.81. The zero-order valence-electron chi connectivity index (χ0n) is 20.2. The molecule has 1 unspecified atom stereocenters. The van der Waals surface area contributed by atoms with E-state index in [0.717, 1.165) is 15.6 Å². The van der Waals surface area contributed by atoms with Gasteiger partial charge in [0.05, 0.1) is 17.3 Å². The summed E-state index contributed by atoms with van der Waals surface area (Å²) in [5.41, 5.74) is 1.81. The highest BCUT2D eigenvalue weighted by atomic mass is 79.9. The Hall–Kier alpha value is -2.06. The van der Waals surface area contributed by atoms with Crippen molar-refractivity contribution in [3.63, 3.8) is 0 Å². The van der Waals surface area contributed by atoms with Crippen LogP contribution in [0.2, 0.25) is 0 Å². The molecular weight excluding hydrogens is 600 g/mol. The van der Waals surface area contributed by atoms with Gasteiger partial charge < -0.3 is 14.8 Å². The van der Waals surface area contributed by atoms with Crippen molar-refractivity contribution in [1.29, 1.82) is 0 Å². The quantitative estimate of drug-likeness (QED) is 0.362. The summed E-state index contributed by atoms with van der Waals surface area (Å²) in [5.74, 6) is 6.50. The lowest BCUT2D eigenvalue weighted by Crippen LogP contribution is -2.50. The summed E-state index contributed by atoms with van der Waals surface area (Å²) in [6.45, 7) is 5.65. The molecule has 2 aromatic rings. The van der Waals surface area contributed by atoms with Crippen LogP contribution in [0.1, 0.15) is 31.9 Å². The first-order chi connectivity index (χ1) is 16.6. The molecule has 0 spiro atoms. The van der Waals surface area contributed by atoms with E-state index in [0.29, 0.717) is 28.9 Å². The van der Waals surface area contributed by atoms with Gasteiger partial charge in [-0.1, -0.05) is 41.6 Å². The first-order valence-corrected chi connectivity index (χ1v) is 14.3. The predicted molar refractivity (Wildman–Crippen MR) is 145 cm³/mol. The van der Waals surface area contributed by atoms with Crippen LogP contribution in [0.4, 0.5) is 0 Å². The standard InChI is InChI=1S/C25H30Br2N2O5S/c1-5-35(31,32)29-23(17(2)3)25(30)28-13-12-19-15-21(27)24(22(16-19)33-4)34-14-6-7-18-8-10-20(26)11-9-18/h8-11,15-17,23,29H,5,12-14H2,1-4H3,(H,28,30). The molecule has 0 saturated carbocycles. The largest absolute Gasteiger partial charge is 0.493 e. The molecule has 2 N–H and O–H groups in total. The molecule has 0 radical (unpaired) electrons. The Kier molecular flexibility index (Phi) is 11.6. The molecule has 0 aliphatic carbocycles. The summed E-state index contributed by atoms with van der Waals surface area (Å²) < 4.78 is 39.3. The minimum atomic E-state index is -3.49. The van der Waals surface area contributed by atoms with Crippen molar-refractivity contribution < 1.29 is 22.7 Å². The monoisotopic (exact) mass is 628 g/mol. The Labute approximate surface area is 224 Å². The van der Waals surface area contributed by atoms with E-state index >= 15 is 0 Å². The molecule has 190 valence electrons. The molecule has 7 nitrogen and oxygen atoms in total. The van der Waals surface area contributed by atoms with E-state index in [9.17, 15) is 13.2 Å². The van der Waals surface area contributed by atoms with Gasteiger partial charge in [0.15, 0.2) is 11.5 Å². The summed E-state index contributed by atoms with van der Waals surface area (Å²) in [5, 5.41) is 2.82. The first kappa shape index (κ1) is 29.2. The van der Waals surface area contributed by atoms with Gasteiger partial charge in [0.2, 0.25) is 15.9 Å². The van der Waals surface area contributed by atoms with E-state index in [1.807, 2.05) is 36.4 Å². The van der Waals surface area contributed by atoms with E-state index in [4.69, 9.17) is 9.47 Å². The maximum absolute atomic E-state index is 12.6. The fourth-order valence-electron chi connectivity index (χ4n) is 3.05. The first-order valence-electron chi connectivity index (χ1n) is 11.1. The zero-order chi connectivity index (χ0) is 26.0. The summed E-state index contributed by atoms with van der Waals surface area (Å²) in [7, 11) is -1.94. The van der Waals surface area contributed by atoms with E-state index in [2.05, 4.69) is 53.7 Å². The fraction of sp³-hybridized carbons (Fsp3) is 0.400. The third-order valence-corrected chi connectivity index (χ3v) is 7.49. The normalized spacial score (nSPS) is 12.0. The lowest BCUT2D eigenvalue weighted by atomic mass is 10.0. The van der Waals surface area contributed by atoms with Crippen LogP contribution in [-0.4, -0.2) is 46.4 Å². The highest BCUT2D eigenvalue weighted by Crippen LogP contribution is 2.36. The third kappa shape index (κ3) is 9.49. The molecule has 2 aromatic carbocycles. The maximum Gasteiger partial charge on any atom is 0.238 e. The summed E-state index contributed by atoms with van der Waals surface area (Å²) in [6.07, 6.45) is 0.524. The smallest absolute Gasteiger partial charge is 0.238 e. The summed E-state index contributed by atoms with van der Waals surface area (Å²) in [6, 6.07) is 10.6. The Morgan fingerprint density at radius 2 is 1.83 bits per heavy atom. The second kappa shape index (κ2) is 13.9. The molecule has 1 atom stereocenters. The van der Waals surface area contributed by atoms with Crippen molar-refractivity contribution in [2.45, 2.75) is 33.2 Å². The van der Waals surface area contributed by atoms with Gasteiger partial charge in [-0.05, 0) is 77.2 Å². The Bertz CT molecular complexity index is 1170. The lowest BCUT2D eigenvalue weighted by molar-refractivity contribution is -0.123. The van der Waals surface area contributed by atoms with Gasteiger partial charge in [-0.3, -0.25) is 4.79 Å². The zero-order valence-corrected chi connectivity index (χ0v) is 24.1. The number of nitrogens with one attached hydrogen (secondary N) is 2. The van der Waals surface area contributed by atoms with Crippen LogP contribution in [-0.2, 0) is 21.2 Å². The minimum Gasteiger partial charge on any atom is -0.493 e. The van der Waals surface area contributed by atoms with Crippen LogP contribution in [0.3, 0.4) is 0 Å². The van der Waals surface area contributed by atoms with Gasteiger partial charge in [-0.15, -0.1) is 0 Å². The van der Waals surface area contributed by atoms with Gasteiger partial charge >= 0.3 is 0 Å². The molecule has 0 fully saturated rings. The predicted octanol–water partition coefficient (Wildman–Crippen LogP) is 4.27. The van der Waals surface area contributed by atoms with Gasteiger partial charge in [0.25, 0.3) is 0 Å². The van der Waals surface area contributed by atoms with Crippen LogP contribution in [0.15, 0.2) is 45.3 Å². The van der Waals surface area contributed by atoms with Crippen molar-refractivity contribution >= 4 is 47.8 Å². The molecule has 0 heterocycles. The molecule has 1 amide bonds. The molecule has 0 aromatic heterocycles. The summed E-state index contributed by atoms with van der Waals surface area (Å²) >= 11 is 6.92. The van der Waals surface area contributed by atoms with Crippen molar-refractivity contribution in [2.24, 2.45) is 5.92 Å². The molecule has 10 heteroatoms. The van der Waals surface area contributed by atoms with Crippen molar-refractivity contribution in [1.82, 2.24) is 10.0 Å². The van der Waals surface area contributed by atoms with E-state index in [1.165, 1.54) is 6.92 Å². The molecular formula is C25H30Br2N2O5S. The number of methoxy groups -OCH3 is 1. The van der Waals surface area contributed by atoms with Gasteiger partial charge in [-0.25, -0.2) is 13.1 Å². The number of rotatable bonds is 11. The van der Waals surface area contributed by atoms with Crippen molar-refractivity contribution in [3.8, 4) is 23.3 Å². The SMILES string of the molecule is CCS(=O)(=O)NC(C(=O)NCCc1cc(Br)c(OCC#Cc2ccc(Br)cc2)c(OC)c1)C(C)C. The number of hydrogen-bond donors (Lipinski definition) is 2. The molecule has 2 rings (SSSR count). The third-order valence-electron chi connectivity index (χ3n) is 5.00. The molecule has 0 bridgehead atoms. The van der Waals surface area contributed by atoms with Gasteiger partial charge in [0.1, 0.15) is 12.6 Å². The molecule has 35 heavy (non-hydrogen) atoms. The molecule has 0 aliphatic heterocycles. The summed E-state index contributed by atoms with van der Waals surface area (Å²) in [4.78, 5) is 12.6.